The Morgan fingerprint density at radius 2 is 1.85 bits per heavy atom. The number of nitrogens with zero attached hydrogens (tertiary/aromatic N) is 3. The number of carbonyl (C=O) groups is 3. The van der Waals surface area contributed by atoms with Gasteiger partial charge in [0.2, 0.25) is 5.91 Å². The molecule has 1 atom stereocenters. The van der Waals surface area contributed by atoms with E-state index in [0.717, 1.165) is 36.4 Å². The van der Waals surface area contributed by atoms with Gasteiger partial charge in [0.1, 0.15) is 5.75 Å². The lowest BCUT2D eigenvalue weighted by molar-refractivity contribution is -0.135. The largest absolute Gasteiger partial charge is 0.497 e. The number of piperidine rings is 1. The first-order chi connectivity index (χ1) is 16.5. The number of rotatable bonds is 8. The molecule has 1 fully saturated rings. The molecule has 7 heteroatoms. The first kappa shape index (κ1) is 23.8. The van der Waals surface area contributed by atoms with Crippen molar-refractivity contribution in [2.45, 2.75) is 33.1 Å². The number of fused-ring (bicyclic) bond motifs is 1. The van der Waals surface area contributed by atoms with Crippen molar-refractivity contribution >= 4 is 23.4 Å². The van der Waals surface area contributed by atoms with Gasteiger partial charge in [0, 0.05) is 32.7 Å². The smallest absolute Gasteiger partial charge is 0.263 e. The second-order valence-corrected chi connectivity index (χ2v) is 8.86. The van der Waals surface area contributed by atoms with Crippen molar-refractivity contribution in [3.63, 3.8) is 0 Å². The average molecular weight is 464 g/mol. The number of ether oxygens (including phenoxy) is 1. The molecule has 0 spiro atoms. The fraction of sp³-hybridized carbons (Fsp3) is 0.444. The highest BCUT2D eigenvalue weighted by atomic mass is 16.5. The van der Waals surface area contributed by atoms with E-state index in [0.29, 0.717) is 43.7 Å². The fourth-order valence-electron chi connectivity index (χ4n) is 5.04. The predicted octanol–water partition coefficient (Wildman–Crippen LogP) is 3.62. The number of methoxy groups -OCH3 is 1. The summed E-state index contributed by atoms with van der Waals surface area (Å²) in [6.45, 7) is 7.03. The van der Waals surface area contributed by atoms with Gasteiger partial charge >= 0.3 is 0 Å². The van der Waals surface area contributed by atoms with Crippen LogP contribution in [0.5, 0.6) is 5.75 Å². The normalized spacial score (nSPS) is 17.7. The number of imide groups is 1. The maximum Gasteiger partial charge on any atom is 0.263 e. The molecule has 0 aromatic heterocycles. The third kappa shape index (κ3) is 4.52. The Morgan fingerprint density at radius 3 is 2.59 bits per heavy atom. The lowest BCUT2D eigenvalue weighted by atomic mass is 9.94. The van der Waals surface area contributed by atoms with E-state index in [-0.39, 0.29) is 23.6 Å². The van der Waals surface area contributed by atoms with Gasteiger partial charge in [-0.1, -0.05) is 18.2 Å². The van der Waals surface area contributed by atoms with Gasteiger partial charge in [0.25, 0.3) is 11.8 Å². The van der Waals surface area contributed by atoms with Crippen molar-refractivity contribution in [3.05, 3.63) is 59.2 Å². The van der Waals surface area contributed by atoms with Crippen LogP contribution >= 0.6 is 0 Å². The number of hydrogen-bond acceptors (Lipinski definition) is 5. The predicted molar refractivity (Wildman–Crippen MR) is 131 cm³/mol. The van der Waals surface area contributed by atoms with Crippen molar-refractivity contribution in [1.82, 2.24) is 9.80 Å². The van der Waals surface area contributed by atoms with Gasteiger partial charge in [-0.15, -0.1) is 0 Å². The van der Waals surface area contributed by atoms with Gasteiger partial charge in [-0.05, 0) is 62.9 Å². The molecule has 0 aliphatic carbocycles. The Morgan fingerprint density at radius 1 is 1.09 bits per heavy atom. The Kier molecular flexibility index (Phi) is 7.20. The maximum atomic E-state index is 13.4. The molecule has 0 radical (unpaired) electrons. The monoisotopic (exact) mass is 463 g/mol. The van der Waals surface area contributed by atoms with E-state index >= 15 is 0 Å². The van der Waals surface area contributed by atoms with Crippen LogP contribution in [0.15, 0.2) is 42.5 Å². The topological polar surface area (TPSA) is 70.2 Å². The molecular weight excluding hydrogens is 430 g/mol. The fourth-order valence-corrected chi connectivity index (χ4v) is 5.04. The van der Waals surface area contributed by atoms with Crippen LogP contribution in [0, 0.1) is 5.92 Å². The third-order valence-electron chi connectivity index (χ3n) is 6.92. The molecule has 1 unspecified atom stereocenters. The summed E-state index contributed by atoms with van der Waals surface area (Å²) in [4.78, 5) is 44.8. The van der Waals surface area contributed by atoms with Crippen molar-refractivity contribution in [2.24, 2.45) is 5.92 Å². The molecule has 180 valence electrons. The number of amides is 3. The molecule has 34 heavy (non-hydrogen) atoms. The molecule has 3 amide bonds. The summed E-state index contributed by atoms with van der Waals surface area (Å²) in [5.41, 5.74) is 2.68. The minimum Gasteiger partial charge on any atom is -0.497 e. The summed E-state index contributed by atoms with van der Waals surface area (Å²) >= 11 is 0. The van der Waals surface area contributed by atoms with E-state index in [2.05, 4.69) is 4.90 Å². The molecule has 1 saturated heterocycles. The zero-order chi connectivity index (χ0) is 24.2. The lowest BCUT2D eigenvalue weighted by Gasteiger charge is -2.36. The quantitative estimate of drug-likeness (QED) is 0.560. The van der Waals surface area contributed by atoms with Gasteiger partial charge < -0.3 is 14.5 Å². The second kappa shape index (κ2) is 10.3. The molecule has 2 heterocycles. The Labute approximate surface area is 201 Å². The van der Waals surface area contributed by atoms with Gasteiger partial charge in [-0.25, -0.2) is 0 Å². The van der Waals surface area contributed by atoms with Crippen LogP contribution in [0.4, 0.5) is 5.69 Å². The summed E-state index contributed by atoms with van der Waals surface area (Å²) in [6.07, 6.45) is 2.28. The number of benzene rings is 2. The summed E-state index contributed by atoms with van der Waals surface area (Å²) < 4.78 is 5.28. The van der Waals surface area contributed by atoms with E-state index in [1.807, 2.05) is 55.1 Å². The first-order valence-electron chi connectivity index (χ1n) is 12.1. The summed E-state index contributed by atoms with van der Waals surface area (Å²) in [5.74, 6) is 0.319. The molecule has 7 nitrogen and oxygen atoms in total. The van der Waals surface area contributed by atoms with E-state index in [1.54, 1.807) is 13.2 Å². The SMILES string of the molecule is CCN(CC)C(=O)C1CCCN(c2cccc3c2C(=O)N(CCc2cccc(OC)c2)C3=O)C1. The standard InChI is InChI=1S/C27H33N3O4/c1-4-28(5-2)25(31)20-10-8-15-29(18-20)23-13-7-12-22-24(23)27(33)30(26(22)32)16-14-19-9-6-11-21(17-19)34-3/h6-7,9,11-13,17,20H,4-5,8,10,14-16,18H2,1-3H3. The molecule has 0 saturated carbocycles. The second-order valence-electron chi connectivity index (χ2n) is 8.86. The highest BCUT2D eigenvalue weighted by molar-refractivity contribution is 6.23. The number of carbonyl (C=O) groups excluding carboxylic acids is 3. The Hall–Kier alpha value is -3.35. The number of hydrogen-bond donors (Lipinski definition) is 0. The van der Waals surface area contributed by atoms with Crippen LogP contribution < -0.4 is 9.64 Å². The van der Waals surface area contributed by atoms with Gasteiger partial charge in [-0.2, -0.15) is 0 Å². The zero-order valence-electron chi connectivity index (χ0n) is 20.3. The van der Waals surface area contributed by atoms with Gasteiger partial charge in [0.15, 0.2) is 0 Å². The molecular formula is C27H33N3O4. The van der Waals surface area contributed by atoms with Crippen LogP contribution in [0.3, 0.4) is 0 Å². The Balaban J connectivity index is 1.53. The van der Waals surface area contributed by atoms with Crippen molar-refractivity contribution in [3.8, 4) is 5.75 Å². The zero-order valence-corrected chi connectivity index (χ0v) is 20.3. The summed E-state index contributed by atoms with van der Waals surface area (Å²) in [5, 5.41) is 0. The minimum absolute atomic E-state index is 0.0964. The average Bonchev–Trinajstić information content (AvgIpc) is 3.13. The highest BCUT2D eigenvalue weighted by Crippen LogP contribution is 2.34. The third-order valence-corrected chi connectivity index (χ3v) is 6.92. The first-order valence-corrected chi connectivity index (χ1v) is 12.1. The minimum atomic E-state index is -0.254. The van der Waals surface area contributed by atoms with E-state index < -0.39 is 0 Å². The maximum absolute atomic E-state index is 13.4. The van der Waals surface area contributed by atoms with E-state index in [1.165, 1.54) is 4.90 Å². The molecule has 2 aromatic rings. The molecule has 2 aliphatic rings. The van der Waals surface area contributed by atoms with Crippen molar-refractivity contribution in [2.75, 3.05) is 44.7 Å². The summed E-state index contributed by atoms with van der Waals surface area (Å²) in [7, 11) is 1.62. The van der Waals surface area contributed by atoms with Gasteiger partial charge in [-0.3, -0.25) is 19.3 Å². The van der Waals surface area contributed by atoms with Crippen LogP contribution in [-0.2, 0) is 11.2 Å². The molecule has 0 bridgehead atoms. The number of anilines is 1. The van der Waals surface area contributed by atoms with Crippen molar-refractivity contribution < 1.29 is 19.1 Å². The van der Waals surface area contributed by atoms with E-state index in [4.69, 9.17) is 4.74 Å². The van der Waals surface area contributed by atoms with Crippen molar-refractivity contribution in [1.29, 1.82) is 0 Å². The van der Waals surface area contributed by atoms with Crippen LogP contribution in [0.2, 0.25) is 0 Å². The molecule has 2 aliphatic heterocycles. The molecule has 2 aromatic carbocycles. The molecule has 0 N–H and O–H groups in total. The Bertz CT molecular complexity index is 1080. The van der Waals surface area contributed by atoms with Crippen LogP contribution in [0.25, 0.3) is 0 Å². The summed E-state index contributed by atoms with van der Waals surface area (Å²) in [6, 6.07) is 13.1. The van der Waals surface area contributed by atoms with E-state index in [9.17, 15) is 14.4 Å². The molecule has 4 rings (SSSR count). The highest BCUT2D eigenvalue weighted by Gasteiger charge is 2.39. The van der Waals surface area contributed by atoms with Gasteiger partial charge in [0.05, 0.1) is 29.8 Å². The van der Waals surface area contributed by atoms with Crippen LogP contribution in [0.1, 0.15) is 53.0 Å². The lowest BCUT2D eigenvalue weighted by Crippen LogP contribution is -2.45. The van der Waals surface area contributed by atoms with Crippen LogP contribution in [-0.4, -0.2) is 67.4 Å².